The van der Waals surface area contributed by atoms with Crippen LogP contribution in [-0.4, -0.2) is 34.3 Å². The number of nitrogens with one attached hydrogen (secondary N) is 2. The highest BCUT2D eigenvalue weighted by Gasteiger charge is 2.19. The molecule has 7 nitrogen and oxygen atoms in total. The van der Waals surface area contributed by atoms with E-state index < -0.39 is 5.60 Å². The summed E-state index contributed by atoms with van der Waals surface area (Å²) >= 11 is 0. The number of hydrogen-bond acceptors (Lipinski definition) is 7. The monoisotopic (exact) mass is 241 g/mol. The normalized spacial score (nSPS) is 13.9. The van der Waals surface area contributed by atoms with Gasteiger partial charge in [-0.15, -0.1) is 0 Å². The van der Waals surface area contributed by atoms with Crippen molar-refractivity contribution in [1.82, 2.24) is 9.97 Å². The van der Waals surface area contributed by atoms with E-state index in [1.165, 1.54) is 13.4 Å². The molecule has 1 aromatic heterocycles. The van der Waals surface area contributed by atoms with Gasteiger partial charge in [-0.1, -0.05) is 6.92 Å². The summed E-state index contributed by atoms with van der Waals surface area (Å²) in [5.74, 6) is 6.60. The molecule has 0 aliphatic carbocycles. The Bertz CT molecular complexity index is 370. The average molecular weight is 241 g/mol. The molecule has 1 atom stereocenters. The fourth-order valence-electron chi connectivity index (χ4n) is 1.19. The number of ether oxygens (including phenoxy) is 1. The van der Waals surface area contributed by atoms with Crippen LogP contribution in [0.25, 0.3) is 0 Å². The first-order valence-electron chi connectivity index (χ1n) is 5.36. The number of aliphatic hydroxyl groups is 1. The molecule has 1 unspecified atom stereocenters. The Labute approximate surface area is 100 Å². The van der Waals surface area contributed by atoms with E-state index in [4.69, 9.17) is 10.6 Å². The van der Waals surface area contributed by atoms with Crippen LogP contribution >= 0.6 is 0 Å². The lowest BCUT2D eigenvalue weighted by atomic mass is 10.0. The molecule has 1 heterocycles. The summed E-state index contributed by atoms with van der Waals surface area (Å²) in [7, 11) is 1.50. The van der Waals surface area contributed by atoms with Crippen LogP contribution in [0.5, 0.6) is 5.75 Å². The Kier molecular flexibility index (Phi) is 4.47. The fraction of sp³-hybridized carbons (Fsp3) is 0.600. The highest BCUT2D eigenvalue weighted by molar-refractivity contribution is 5.63. The first-order valence-corrected chi connectivity index (χ1v) is 5.36. The van der Waals surface area contributed by atoms with E-state index in [9.17, 15) is 5.11 Å². The van der Waals surface area contributed by atoms with Crippen LogP contribution in [0.2, 0.25) is 0 Å². The van der Waals surface area contributed by atoms with Crippen LogP contribution in [0.4, 0.5) is 11.6 Å². The van der Waals surface area contributed by atoms with Crippen LogP contribution in [0, 0.1) is 0 Å². The summed E-state index contributed by atoms with van der Waals surface area (Å²) in [6.45, 7) is 4.02. The van der Waals surface area contributed by atoms with E-state index in [-0.39, 0.29) is 0 Å². The van der Waals surface area contributed by atoms with E-state index in [0.717, 1.165) is 0 Å². The summed E-state index contributed by atoms with van der Waals surface area (Å²) in [6.07, 6.45) is 2.00. The molecule has 0 amide bonds. The lowest BCUT2D eigenvalue weighted by Crippen LogP contribution is -2.32. The molecule has 0 aliphatic rings. The van der Waals surface area contributed by atoms with Crippen molar-refractivity contribution >= 4 is 11.6 Å². The predicted octanol–water partition coefficient (Wildman–Crippen LogP) is 0.344. The Hall–Kier alpha value is -1.60. The van der Waals surface area contributed by atoms with Gasteiger partial charge in [0.25, 0.3) is 0 Å². The Balaban J connectivity index is 2.84. The third kappa shape index (κ3) is 3.43. The Morgan fingerprint density at radius 3 is 2.65 bits per heavy atom. The third-order valence-corrected chi connectivity index (χ3v) is 2.54. The summed E-state index contributed by atoms with van der Waals surface area (Å²) in [5, 5.41) is 12.9. The molecule has 0 bridgehead atoms. The molecule has 17 heavy (non-hydrogen) atoms. The van der Waals surface area contributed by atoms with Crippen molar-refractivity contribution in [3.8, 4) is 5.75 Å². The standard InChI is InChI=1S/C10H19N5O2/c1-4-10(2,16)5-12-8-7(17-3)9(15-11)14-6-13-8/h6,16H,4-5,11H2,1-3H3,(H2,12,13,14,15). The van der Waals surface area contributed by atoms with Gasteiger partial charge in [0.1, 0.15) is 6.33 Å². The van der Waals surface area contributed by atoms with E-state index in [1.807, 2.05) is 6.92 Å². The van der Waals surface area contributed by atoms with Gasteiger partial charge in [0.15, 0.2) is 11.6 Å². The summed E-state index contributed by atoms with van der Waals surface area (Å²) in [4.78, 5) is 7.96. The maximum absolute atomic E-state index is 9.89. The molecule has 5 N–H and O–H groups in total. The zero-order valence-electron chi connectivity index (χ0n) is 10.3. The molecular weight excluding hydrogens is 222 g/mol. The van der Waals surface area contributed by atoms with Crippen LogP contribution in [0.15, 0.2) is 6.33 Å². The minimum Gasteiger partial charge on any atom is -0.490 e. The van der Waals surface area contributed by atoms with Crippen molar-refractivity contribution in [3.63, 3.8) is 0 Å². The molecular formula is C10H19N5O2. The number of hydrazine groups is 1. The SMILES string of the molecule is CCC(C)(O)CNc1ncnc(NN)c1OC. The Morgan fingerprint density at radius 2 is 2.12 bits per heavy atom. The maximum atomic E-state index is 9.89. The first kappa shape index (κ1) is 13.5. The van der Waals surface area contributed by atoms with Gasteiger partial charge in [0, 0.05) is 6.54 Å². The lowest BCUT2D eigenvalue weighted by molar-refractivity contribution is 0.0696. The van der Waals surface area contributed by atoms with Crippen LogP contribution in [0.1, 0.15) is 20.3 Å². The molecule has 0 aromatic carbocycles. The third-order valence-electron chi connectivity index (χ3n) is 2.54. The number of nitrogen functional groups attached to an aromatic ring is 1. The van der Waals surface area contributed by atoms with Gasteiger partial charge in [-0.2, -0.15) is 0 Å². The van der Waals surface area contributed by atoms with Gasteiger partial charge in [0.2, 0.25) is 5.75 Å². The quantitative estimate of drug-likeness (QED) is 0.420. The minimum atomic E-state index is -0.799. The number of nitrogens with zero attached hydrogens (tertiary/aromatic N) is 2. The second kappa shape index (κ2) is 5.65. The smallest absolute Gasteiger partial charge is 0.205 e. The van der Waals surface area contributed by atoms with Crippen molar-refractivity contribution in [1.29, 1.82) is 0 Å². The molecule has 0 spiro atoms. The summed E-state index contributed by atoms with van der Waals surface area (Å²) < 4.78 is 5.15. The highest BCUT2D eigenvalue weighted by Crippen LogP contribution is 2.28. The number of anilines is 2. The molecule has 0 saturated carbocycles. The number of methoxy groups -OCH3 is 1. The predicted molar refractivity (Wildman–Crippen MR) is 65.8 cm³/mol. The van der Waals surface area contributed by atoms with Crippen LogP contribution in [-0.2, 0) is 0 Å². The zero-order chi connectivity index (χ0) is 12.9. The van der Waals surface area contributed by atoms with E-state index in [0.29, 0.717) is 30.4 Å². The summed E-state index contributed by atoms with van der Waals surface area (Å²) in [5.41, 5.74) is 1.62. The topological polar surface area (TPSA) is 105 Å². The van der Waals surface area contributed by atoms with Gasteiger partial charge >= 0.3 is 0 Å². The van der Waals surface area contributed by atoms with Gasteiger partial charge in [-0.05, 0) is 13.3 Å². The fourth-order valence-corrected chi connectivity index (χ4v) is 1.19. The van der Waals surface area contributed by atoms with Gasteiger partial charge in [-0.25, -0.2) is 15.8 Å². The van der Waals surface area contributed by atoms with Gasteiger partial charge < -0.3 is 20.6 Å². The molecule has 1 rings (SSSR count). The maximum Gasteiger partial charge on any atom is 0.205 e. The van der Waals surface area contributed by atoms with Gasteiger partial charge in [0.05, 0.1) is 12.7 Å². The molecule has 0 aliphatic heterocycles. The molecule has 1 aromatic rings. The minimum absolute atomic E-state index is 0.362. The molecule has 0 fully saturated rings. The molecule has 7 heteroatoms. The number of hydrogen-bond donors (Lipinski definition) is 4. The molecule has 96 valence electrons. The zero-order valence-corrected chi connectivity index (χ0v) is 10.3. The van der Waals surface area contributed by atoms with E-state index in [1.54, 1.807) is 6.92 Å². The number of rotatable bonds is 6. The van der Waals surface area contributed by atoms with Crippen molar-refractivity contribution in [2.75, 3.05) is 24.4 Å². The average Bonchev–Trinajstić information content (AvgIpc) is 2.35. The molecule has 0 radical (unpaired) electrons. The largest absolute Gasteiger partial charge is 0.490 e. The van der Waals surface area contributed by atoms with Crippen molar-refractivity contribution in [3.05, 3.63) is 6.33 Å². The lowest BCUT2D eigenvalue weighted by Gasteiger charge is -2.22. The Morgan fingerprint density at radius 1 is 1.47 bits per heavy atom. The molecule has 0 saturated heterocycles. The van der Waals surface area contributed by atoms with Gasteiger partial charge in [-0.3, -0.25) is 0 Å². The van der Waals surface area contributed by atoms with Crippen molar-refractivity contribution < 1.29 is 9.84 Å². The summed E-state index contributed by atoms with van der Waals surface area (Å²) in [6, 6.07) is 0. The van der Waals surface area contributed by atoms with E-state index in [2.05, 4.69) is 20.7 Å². The second-order valence-corrected chi connectivity index (χ2v) is 3.95. The number of aromatic nitrogens is 2. The second-order valence-electron chi connectivity index (χ2n) is 3.95. The van der Waals surface area contributed by atoms with E-state index >= 15 is 0 Å². The highest BCUT2D eigenvalue weighted by atomic mass is 16.5. The van der Waals surface area contributed by atoms with Crippen LogP contribution < -0.4 is 21.3 Å². The number of nitrogens with two attached hydrogens (primary N) is 1. The van der Waals surface area contributed by atoms with Crippen molar-refractivity contribution in [2.45, 2.75) is 25.9 Å². The van der Waals surface area contributed by atoms with Crippen molar-refractivity contribution in [2.24, 2.45) is 5.84 Å². The van der Waals surface area contributed by atoms with Crippen LogP contribution in [0.3, 0.4) is 0 Å². The first-order chi connectivity index (χ1) is 8.04.